The van der Waals surface area contributed by atoms with Gasteiger partial charge in [0, 0.05) is 17.1 Å². The van der Waals surface area contributed by atoms with E-state index in [9.17, 15) is 9.59 Å². The number of halogens is 1. The molecule has 0 aliphatic carbocycles. The van der Waals surface area contributed by atoms with Crippen LogP contribution in [-0.2, 0) is 11.3 Å². The molecule has 0 saturated carbocycles. The number of amides is 2. The summed E-state index contributed by atoms with van der Waals surface area (Å²) in [5, 5.41) is 3.79. The Morgan fingerprint density at radius 2 is 1.72 bits per heavy atom. The van der Waals surface area contributed by atoms with Crippen molar-refractivity contribution in [3.63, 3.8) is 0 Å². The molecule has 0 radical (unpaired) electrons. The van der Waals surface area contributed by atoms with E-state index in [2.05, 4.69) is 19.2 Å². The summed E-state index contributed by atoms with van der Waals surface area (Å²) in [7, 11) is 1.64. The molecule has 0 aromatic heterocycles. The zero-order chi connectivity index (χ0) is 25.7. The Bertz CT molecular complexity index is 1180. The third-order valence-corrected chi connectivity index (χ3v) is 7.73. The summed E-state index contributed by atoms with van der Waals surface area (Å²) < 4.78 is 5.27. The first kappa shape index (κ1) is 26.1. The quantitative estimate of drug-likeness (QED) is 0.342. The van der Waals surface area contributed by atoms with Crippen molar-refractivity contribution >= 4 is 35.2 Å². The SMILES string of the molecule is COc1ccc([C@H](CC(C)C)NC(=O)c2ccc([C@H]3SCC(=O)N3Cc3ccc(Cl)cc3)cc2)cc1. The lowest BCUT2D eigenvalue weighted by Gasteiger charge is -2.25. The van der Waals surface area contributed by atoms with Gasteiger partial charge in [-0.25, -0.2) is 0 Å². The maximum atomic E-state index is 13.1. The smallest absolute Gasteiger partial charge is 0.251 e. The molecule has 4 rings (SSSR count). The molecule has 1 aliphatic rings. The van der Waals surface area contributed by atoms with Crippen molar-refractivity contribution in [2.24, 2.45) is 5.92 Å². The zero-order valence-electron chi connectivity index (χ0n) is 20.7. The molecular formula is C29H31ClN2O3S. The van der Waals surface area contributed by atoms with Crippen LogP contribution >= 0.6 is 23.4 Å². The Hall–Kier alpha value is -2.96. The number of thioether (sulfide) groups is 1. The minimum absolute atomic E-state index is 0.0849. The van der Waals surface area contributed by atoms with Crippen molar-refractivity contribution in [1.82, 2.24) is 10.2 Å². The van der Waals surface area contributed by atoms with Crippen LogP contribution in [0, 0.1) is 5.92 Å². The highest BCUT2D eigenvalue weighted by Gasteiger charge is 2.32. The second-order valence-corrected chi connectivity index (χ2v) is 10.9. The largest absolute Gasteiger partial charge is 0.497 e. The lowest BCUT2D eigenvalue weighted by molar-refractivity contribution is -0.128. The molecule has 3 aromatic rings. The summed E-state index contributed by atoms with van der Waals surface area (Å²) in [6.07, 6.45) is 0.830. The molecule has 0 bridgehead atoms. The first-order valence-electron chi connectivity index (χ1n) is 12.0. The highest BCUT2D eigenvalue weighted by atomic mass is 35.5. The summed E-state index contributed by atoms with van der Waals surface area (Å²) in [5.41, 5.74) is 3.68. The van der Waals surface area contributed by atoms with E-state index in [1.807, 2.05) is 77.7 Å². The molecule has 1 fully saturated rings. The maximum absolute atomic E-state index is 13.1. The molecular weight excluding hydrogens is 492 g/mol. The number of rotatable bonds is 9. The van der Waals surface area contributed by atoms with Gasteiger partial charge < -0.3 is 15.0 Å². The zero-order valence-corrected chi connectivity index (χ0v) is 22.3. The first-order valence-corrected chi connectivity index (χ1v) is 13.5. The van der Waals surface area contributed by atoms with Gasteiger partial charge in [0.15, 0.2) is 0 Å². The highest BCUT2D eigenvalue weighted by Crippen LogP contribution is 2.39. The van der Waals surface area contributed by atoms with Crippen molar-refractivity contribution in [2.75, 3.05) is 12.9 Å². The van der Waals surface area contributed by atoms with Crippen LogP contribution in [0.5, 0.6) is 5.75 Å². The number of carbonyl (C=O) groups is 2. The van der Waals surface area contributed by atoms with Gasteiger partial charge in [-0.1, -0.05) is 61.8 Å². The number of ether oxygens (including phenoxy) is 1. The van der Waals surface area contributed by atoms with Gasteiger partial charge in [0.1, 0.15) is 11.1 Å². The van der Waals surface area contributed by atoms with Crippen LogP contribution in [0.2, 0.25) is 5.02 Å². The molecule has 36 heavy (non-hydrogen) atoms. The van der Waals surface area contributed by atoms with E-state index < -0.39 is 0 Å². The van der Waals surface area contributed by atoms with Crippen molar-refractivity contribution in [3.05, 3.63) is 100 Å². The van der Waals surface area contributed by atoms with Gasteiger partial charge in [-0.3, -0.25) is 9.59 Å². The summed E-state index contributed by atoms with van der Waals surface area (Å²) in [4.78, 5) is 27.6. The highest BCUT2D eigenvalue weighted by molar-refractivity contribution is 8.00. The van der Waals surface area contributed by atoms with Gasteiger partial charge in [-0.05, 0) is 65.4 Å². The van der Waals surface area contributed by atoms with E-state index in [4.69, 9.17) is 16.3 Å². The summed E-state index contributed by atoms with van der Waals surface area (Å²) in [6, 6.07) is 22.9. The van der Waals surface area contributed by atoms with Crippen LogP contribution in [0.4, 0.5) is 0 Å². The van der Waals surface area contributed by atoms with E-state index in [1.165, 1.54) is 0 Å². The fourth-order valence-corrected chi connectivity index (χ4v) is 5.63. The van der Waals surface area contributed by atoms with E-state index >= 15 is 0 Å². The van der Waals surface area contributed by atoms with Gasteiger partial charge >= 0.3 is 0 Å². The van der Waals surface area contributed by atoms with E-state index in [-0.39, 0.29) is 23.2 Å². The minimum atomic E-state index is -0.115. The molecule has 0 spiro atoms. The molecule has 3 aromatic carbocycles. The monoisotopic (exact) mass is 522 g/mol. The molecule has 2 amide bonds. The van der Waals surface area contributed by atoms with E-state index in [0.29, 0.717) is 28.8 Å². The third kappa shape index (κ3) is 6.42. The predicted octanol–water partition coefficient (Wildman–Crippen LogP) is 6.64. The average molecular weight is 523 g/mol. The number of methoxy groups -OCH3 is 1. The van der Waals surface area contributed by atoms with E-state index in [0.717, 1.165) is 28.9 Å². The third-order valence-electron chi connectivity index (χ3n) is 6.22. The molecule has 1 heterocycles. The Balaban J connectivity index is 1.46. The molecule has 1 N–H and O–H groups in total. The molecule has 1 aliphatic heterocycles. The van der Waals surface area contributed by atoms with Gasteiger partial charge in [0.2, 0.25) is 5.91 Å². The van der Waals surface area contributed by atoms with Gasteiger partial charge in [0.25, 0.3) is 5.91 Å². The molecule has 1 saturated heterocycles. The number of hydrogen-bond acceptors (Lipinski definition) is 4. The first-order chi connectivity index (χ1) is 17.3. The predicted molar refractivity (Wildman–Crippen MR) is 146 cm³/mol. The minimum Gasteiger partial charge on any atom is -0.497 e. The molecule has 188 valence electrons. The summed E-state index contributed by atoms with van der Waals surface area (Å²) >= 11 is 7.61. The van der Waals surface area contributed by atoms with Crippen LogP contribution in [0.25, 0.3) is 0 Å². The van der Waals surface area contributed by atoms with Crippen molar-refractivity contribution in [2.45, 2.75) is 38.2 Å². The normalized spacial score (nSPS) is 16.3. The number of hydrogen-bond donors (Lipinski definition) is 1. The van der Waals surface area contributed by atoms with Crippen molar-refractivity contribution in [1.29, 1.82) is 0 Å². The van der Waals surface area contributed by atoms with Gasteiger partial charge in [0.05, 0.1) is 18.9 Å². The topological polar surface area (TPSA) is 58.6 Å². The molecule has 0 unspecified atom stereocenters. The lowest BCUT2D eigenvalue weighted by atomic mass is 9.96. The number of nitrogens with one attached hydrogen (secondary N) is 1. The number of carbonyl (C=O) groups excluding carboxylic acids is 2. The van der Waals surface area contributed by atoms with Crippen LogP contribution < -0.4 is 10.1 Å². The fraction of sp³-hybridized carbons (Fsp3) is 0.310. The second-order valence-electron chi connectivity index (χ2n) is 9.36. The van der Waals surface area contributed by atoms with Crippen LogP contribution in [0.15, 0.2) is 72.8 Å². The fourth-order valence-electron chi connectivity index (χ4n) is 4.31. The number of nitrogens with zero attached hydrogens (tertiary/aromatic N) is 1. The maximum Gasteiger partial charge on any atom is 0.251 e. The average Bonchev–Trinajstić information content (AvgIpc) is 3.24. The lowest BCUT2D eigenvalue weighted by Crippen LogP contribution is -2.30. The Kier molecular flexibility index (Phi) is 8.60. The molecule has 2 atom stereocenters. The summed E-state index contributed by atoms with van der Waals surface area (Å²) in [5.74, 6) is 1.65. The van der Waals surface area contributed by atoms with Gasteiger partial charge in [-0.15, -0.1) is 11.8 Å². The Morgan fingerprint density at radius 1 is 1.06 bits per heavy atom. The Labute approximate surface area is 222 Å². The standard InChI is InChI=1S/C29H31ClN2O3S/c1-19(2)16-26(21-10-14-25(35-3)15-11-21)31-28(34)22-6-8-23(9-7-22)29-32(27(33)18-36-29)17-20-4-12-24(30)13-5-20/h4-15,19,26,29H,16-18H2,1-3H3,(H,31,34)/t26-,29+/m0/s1. The van der Waals surface area contributed by atoms with Crippen molar-refractivity contribution < 1.29 is 14.3 Å². The van der Waals surface area contributed by atoms with E-state index in [1.54, 1.807) is 18.9 Å². The second kappa shape index (κ2) is 11.8. The van der Waals surface area contributed by atoms with Crippen LogP contribution in [0.3, 0.4) is 0 Å². The van der Waals surface area contributed by atoms with Crippen molar-refractivity contribution in [3.8, 4) is 5.75 Å². The van der Waals surface area contributed by atoms with Gasteiger partial charge in [-0.2, -0.15) is 0 Å². The van der Waals surface area contributed by atoms with Crippen LogP contribution in [0.1, 0.15) is 58.7 Å². The molecule has 5 nitrogen and oxygen atoms in total. The molecule has 7 heteroatoms. The van der Waals surface area contributed by atoms with Crippen LogP contribution in [-0.4, -0.2) is 29.6 Å². The summed E-state index contributed by atoms with van der Waals surface area (Å²) in [6.45, 7) is 4.82. The number of benzene rings is 3. The Morgan fingerprint density at radius 3 is 2.33 bits per heavy atom.